The summed E-state index contributed by atoms with van der Waals surface area (Å²) >= 11 is 0. The lowest BCUT2D eigenvalue weighted by Gasteiger charge is -2.27. The van der Waals surface area contributed by atoms with E-state index in [1.807, 2.05) is 62.4 Å². The van der Waals surface area contributed by atoms with Gasteiger partial charge >= 0.3 is 0 Å². The normalized spacial score (nSPS) is 15.3. The average molecular weight is 443 g/mol. The fraction of sp³-hybridized carbons (Fsp3) is 0.103. The number of rotatable bonds is 2. The van der Waals surface area contributed by atoms with Crippen molar-refractivity contribution in [3.8, 4) is 17.6 Å². The fourth-order valence-electron chi connectivity index (χ4n) is 5.02. The molecule has 5 heteroatoms. The number of nitriles is 1. The Bertz CT molecular complexity index is 1620. The Hall–Kier alpha value is -4.56. The van der Waals surface area contributed by atoms with E-state index in [-0.39, 0.29) is 5.88 Å². The van der Waals surface area contributed by atoms with E-state index in [1.54, 1.807) is 4.68 Å². The highest BCUT2D eigenvalue weighted by Gasteiger charge is 2.37. The predicted molar refractivity (Wildman–Crippen MR) is 134 cm³/mol. The van der Waals surface area contributed by atoms with E-state index < -0.39 is 5.92 Å². The molecule has 0 unspecified atom stereocenters. The minimum Gasteiger partial charge on any atom is -0.422 e. The lowest BCUT2D eigenvalue weighted by atomic mass is 9.79. The van der Waals surface area contributed by atoms with Crippen LogP contribution in [0.2, 0.25) is 0 Å². The zero-order valence-corrected chi connectivity index (χ0v) is 18.9. The van der Waals surface area contributed by atoms with Crippen LogP contribution in [0.5, 0.6) is 5.88 Å². The van der Waals surface area contributed by atoms with Crippen molar-refractivity contribution < 1.29 is 4.74 Å². The molecule has 4 aromatic carbocycles. The van der Waals surface area contributed by atoms with Crippen LogP contribution in [0.3, 0.4) is 0 Å². The van der Waals surface area contributed by atoms with Gasteiger partial charge < -0.3 is 10.5 Å². The molecule has 0 amide bonds. The number of aromatic nitrogens is 2. The standard InChI is InChI=1S/C29H22N4O/c1-17-11-13-21(14-12-17)33-29-25(18(2)32-33)27(24(16-30)28(31)34-29)26-22-9-5-3-7-19(22)15-20-8-4-6-10-23(20)26/h3-15,27H,31H2,1-2H3/t27-/m1/s1. The summed E-state index contributed by atoms with van der Waals surface area (Å²) in [5.41, 5.74) is 11.6. The highest BCUT2D eigenvalue weighted by atomic mass is 16.5. The molecule has 2 heterocycles. The van der Waals surface area contributed by atoms with Gasteiger partial charge in [0.15, 0.2) is 0 Å². The van der Waals surface area contributed by atoms with Crippen LogP contribution in [0.4, 0.5) is 0 Å². The largest absolute Gasteiger partial charge is 0.422 e. The number of ether oxygens (including phenoxy) is 1. The molecule has 1 atom stereocenters. The first-order chi connectivity index (χ1) is 16.6. The quantitative estimate of drug-likeness (QED) is 0.340. The second-order valence-corrected chi connectivity index (χ2v) is 8.71. The first-order valence-corrected chi connectivity index (χ1v) is 11.2. The maximum absolute atomic E-state index is 10.2. The molecule has 1 aliphatic rings. The molecule has 0 bridgehead atoms. The van der Waals surface area contributed by atoms with Crippen molar-refractivity contribution in [2.24, 2.45) is 5.73 Å². The van der Waals surface area contributed by atoms with Crippen molar-refractivity contribution in [1.29, 1.82) is 5.26 Å². The number of nitrogens with two attached hydrogens (primary N) is 1. The van der Waals surface area contributed by atoms with Crippen molar-refractivity contribution in [2.75, 3.05) is 0 Å². The van der Waals surface area contributed by atoms with Gasteiger partial charge in [-0.05, 0) is 59.2 Å². The molecule has 34 heavy (non-hydrogen) atoms. The van der Waals surface area contributed by atoms with Crippen molar-refractivity contribution in [1.82, 2.24) is 9.78 Å². The zero-order valence-electron chi connectivity index (χ0n) is 18.9. The minimum atomic E-state index is -0.399. The molecule has 1 aromatic heterocycles. The number of fused-ring (bicyclic) bond motifs is 3. The lowest BCUT2D eigenvalue weighted by molar-refractivity contribution is 0.367. The Labute approximate surface area is 197 Å². The highest BCUT2D eigenvalue weighted by molar-refractivity contribution is 6.03. The van der Waals surface area contributed by atoms with Gasteiger partial charge in [-0.1, -0.05) is 66.2 Å². The maximum atomic E-state index is 10.2. The van der Waals surface area contributed by atoms with Crippen LogP contribution >= 0.6 is 0 Å². The number of aryl methyl sites for hydroxylation is 2. The Kier molecular flexibility index (Phi) is 4.43. The van der Waals surface area contributed by atoms with E-state index in [4.69, 9.17) is 15.6 Å². The number of benzene rings is 4. The van der Waals surface area contributed by atoms with Gasteiger partial charge in [0.05, 0.1) is 22.9 Å². The third-order valence-electron chi connectivity index (χ3n) is 6.61. The van der Waals surface area contributed by atoms with E-state index in [1.165, 1.54) is 0 Å². The first-order valence-electron chi connectivity index (χ1n) is 11.2. The number of hydrogen-bond donors (Lipinski definition) is 1. The Morgan fingerprint density at radius 2 is 1.50 bits per heavy atom. The van der Waals surface area contributed by atoms with Crippen molar-refractivity contribution in [2.45, 2.75) is 19.8 Å². The Balaban J connectivity index is 1.71. The molecule has 6 rings (SSSR count). The van der Waals surface area contributed by atoms with E-state index in [9.17, 15) is 5.26 Å². The highest BCUT2D eigenvalue weighted by Crippen LogP contribution is 2.48. The predicted octanol–water partition coefficient (Wildman–Crippen LogP) is 6.01. The molecule has 2 N–H and O–H groups in total. The third kappa shape index (κ3) is 2.89. The third-order valence-corrected chi connectivity index (χ3v) is 6.61. The lowest BCUT2D eigenvalue weighted by Crippen LogP contribution is -2.22. The van der Waals surface area contributed by atoms with Gasteiger partial charge in [0.25, 0.3) is 0 Å². The molecule has 0 aliphatic carbocycles. The smallest absolute Gasteiger partial charge is 0.229 e. The van der Waals surface area contributed by atoms with Crippen LogP contribution in [0, 0.1) is 25.2 Å². The second-order valence-electron chi connectivity index (χ2n) is 8.71. The minimum absolute atomic E-state index is 0.116. The van der Waals surface area contributed by atoms with Crippen LogP contribution < -0.4 is 10.5 Å². The van der Waals surface area contributed by atoms with E-state index in [0.29, 0.717) is 11.5 Å². The molecule has 0 fully saturated rings. The molecule has 5 aromatic rings. The van der Waals surface area contributed by atoms with Gasteiger partial charge in [-0.15, -0.1) is 0 Å². The topological polar surface area (TPSA) is 76.9 Å². The SMILES string of the molecule is Cc1ccc(-n2nc(C)c3c2OC(N)=C(C#N)[C@H]3c2c3ccccc3cc3ccccc23)cc1. The maximum Gasteiger partial charge on any atom is 0.229 e. The van der Waals surface area contributed by atoms with E-state index in [0.717, 1.165) is 49.6 Å². The van der Waals surface area contributed by atoms with Crippen LogP contribution in [0.15, 0.2) is 90.3 Å². The van der Waals surface area contributed by atoms with Crippen LogP contribution in [-0.4, -0.2) is 9.78 Å². The molecule has 1 aliphatic heterocycles. The van der Waals surface area contributed by atoms with Gasteiger partial charge in [0.2, 0.25) is 11.8 Å². The Morgan fingerprint density at radius 3 is 2.12 bits per heavy atom. The first kappa shape index (κ1) is 20.1. The molecular formula is C29H22N4O. The summed E-state index contributed by atoms with van der Waals surface area (Å²) in [6, 6.07) is 29.2. The summed E-state index contributed by atoms with van der Waals surface area (Å²) in [7, 11) is 0. The van der Waals surface area contributed by atoms with Gasteiger partial charge in [0.1, 0.15) is 11.6 Å². The molecule has 0 spiro atoms. The average Bonchev–Trinajstić information content (AvgIpc) is 3.18. The number of nitrogens with zero attached hydrogens (tertiary/aromatic N) is 3. The number of allylic oxidation sites excluding steroid dienone is 1. The zero-order chi connectivity index (χ0) is 23.4. The van der Waals surface area contributed by atoms with Crippen LogP contribution in [-0.2, 0) is 0 Å². The van der Waals surface area contributed by atoms with Crippen molar-refractivity contribution >= 4 is 21.5 Å². The summed E-state index contributed by atoms with van der Waals surface area (Å²) in [4.78, 5) is 0. The Morgan fingerprint density at radius 1 is 0.882 bits per heavy atom. The fourth-order valence-corrected chi connectivity index (χ4v) is 5.02. The molecule has 0 saturated carbocycles. The number of hydrogen-bond acceptors (Lipinski definition) is 4. The van der Waals surface area contributed by atoms with Crippen LogP contribution in [0.1, 0.15) is 28.3 Å². The van der Waals surface area contributed by atoms with Gasteiger partial charge in [-0.2, -0.15) is 10.4 Å². The van der Waals surface area contributed by atoms with Crippen LogP contribution in [0.25, 0.3) is 27.2 Å². The summed E-state index contributed by atoms with van der Waals surface area (Å²) in [6.07, 6.45) is 0. The van der Waals surface area contributed by atoms with Gasteiger partial charge in [-0.25, -0.2) is 4.68 Å². The summed E-state index contributed by atoms with van der Waals surface area (Å²) in [5, 5.41) is 19.4. The second kappa shape index (κ2) is 7.50. The van der Waals surface area contributed by atoms with E-state index >= 15 is 0 Å². The van der Waals surface area contributed by atoms with Crippen molar-refractivity contribution in [3.05, 3.63) is 113 Å². The van der Waals surface area contributed by atoms with Gasteiger partial charge in [0, 0.05) is 0 Å². The van der Waals surface area contributed by atoms with Gasteiger partial charge in [-0.3, -0.25) is 0 Å². The molecule has 5 nitrogen and oxygen atoms in total. The van der Waals surface area contributed by atoms with Crippen molar-refractivity contribution in [3.63, 3.8) is 0 Å². The monoisotopic (exact) mass is 442 g/mol. The summed E-state index contributed by atoms with van der Waals surface area (Å²) < 4.78 is 7.87. The molecule has 0 radical (unpaired) electrons. The summed E-state index contributed by atoms with van der Waals surface area (Å²) in [5.74, 6) is 0.272. The molecule has 164 valence electrons. The molecular weight excluding hydrogens is 420 g/mol. The molecule has 0 saturated heterocycles. The van der Waals surface area contributed by atoms with E-state index in [2.05, 4.69) is 36.4 Å². The summed E-state index contributed by atoms with van der Waals surface area (Å²) in [6.45, 7) is 4.01.